The maximum atomic E-state index is 14.7. The second kappa shape index (κ2) is 8.60. The van der Waals surface area contributed by atoms with Crippen LogP contribution in [0.4, 0.5) is 10.1 Å². The maximum Gasteiger partial charge on any atom is 0.206 e. The van der Waals surface area contributed by atoms with E-state index < -0.39 is 0 Å². The smallest absolute Gasteiger partial charge is 0.206 e. The monoisotopic (exact) mass is 396 g/mol. The van der Waals surface area contributed by atoms with E-state index in [1.807, 2.05) is 18.2 Å². The molecule has 0 amide bonds. The molecule has 0 unspecified atom stereocenters. The van der Waals surface area contributed by atoms with Crippen molar-refractivity contribution in [2.45, 2.75) is 26.8 Å². The number of piperazine rings is 1. The first-order chi connectivity index (χ1) is 14.1. The number of tetrazole rings is 1. The molecule has 152 valence electrons. The van der Waals surface area contributed by atoms with Crippen LogP contribution in [0.1, 0.15) is 25.1 Å². The fraction of sp³-hybridized carbons (Fsp3) is 0.450. The average molecular weight is 396 g/mol. The third kappa shape index (κ3) is 4.56. The molecule has 8 nitrogen and oxygen atoms in total. The molecule has 0 saturated carbocycles. The molecule has 1 aromatic carbocycles. The van der Waals surface area contributed by atoms with Gasteiger partial charge in [0.2, 0.25) is 5.82 Å². The third-order valence-corrected chi connectivity index (χ3v) is 5.11. The number of nitrogens with one attached hydrogen (secondary N) is 1. The van der Waals surface area contributed by atoms with Crippen molar-refractivity contribution in [3.05, 3.63) is 47.5 Å². The van der Waals surface area contributed by atoms with Crippen molar-refractivity contribution in [1.29, 1.82) is 0 Å². The summed E-state index contributed by atoms with van der Waals surface area (Å²) in [4.78, 5) is 4.63. The van der Waals surface area contributed by atoms with Gasteiger partial charge < -0.3 is 4.90 Å². The summed E-state index contributed by atoms with van der Waals surface area (Å²) in [5.74, 6) is 0.567. The van der Waals surface area contributed by atoms with Crippen LogP contribution in [0.2, 0.25) is 0 Å². The predicted molar refractivity (Wildman–Crippen MR) is 108 cm³/mol. The van der Waals surface area contributed by atoms with Gasteiger partial charge in [0.05, 0.1) is 5.69 Å². The molecule has 0 atom stereocenters. The van der Waals surface area contributed by atoms with Gasteiger partial charge in [0.15, 0.2) is 0 Å². The van der Waals surface area contributed by atoms with E-state index in [-0.39, 0.29) is 5.82 Å². The van der Waals surface area contributed by atoms with Crippen molar-refractivity contribution >= 4 is 5.69 Å². The van der Waals surface area contributed by atoms with Crippen molar-refractivity contribution in [1.82, 2.24) is 35.7 Å². The average Bonchev–Trinajstić information content (AvgIpc) is 3.25. The maximum absolute atomic E-state index is 14.7. The van der Waals surface area contributed by atoms with Crippen molar-refractivity contribution < 1.29 is 4.39 Å². The van der Waals surface area contributed by atoms with Crippen LogP contribution < -0.4 is 4.90 Å². The fourth-order valence-corrected chi connectivity index (χ4v) is 3.71. The molecule has 2 aromatic heterocycles. The quantitative estimate of drug-likeness (QED) is 0.684. The van der Waals surface area contributed by atoms with Gasteiger partial charge in [0.25, 0.3) is 0 Å². The molecule has 1 aliphatic heterocycles. The van der Waals surface area contributed by atoms with Gasteiger partial charge in [0.1, 0.15) is 5.82 Å². The highest BCUT2D eigenvalue weighted by molar-refractivity contribution is 5.75. The molecule has 0 radical (unpaired) electrons. The number of halogens is 1. The number of H-pyrrole nitrogens is 1. The van der Waals surface area contributed by atoms with E-state index >= 15 is 0 Å². The van der Waals surface area contributed by atoms with E-state index in [4.69, 9.17) is 0 Å². The van der Waals surface area contributed by atoms with Gasteiger partial charge in [0, 0.05) is 50.2 Å². The van der Waals surface area contributed by atoms with Crippen LogP contribution in [0.25, 0.3) is 11.4 Å². The van der Waals surface area contributed by atoms with Crippen LogP contribution in [0.5, 0.6) is 0 Å². The molecule has 0 spiro atoms. The third-order valence-electron chi connectivity index (χ3n) is 5.11. The fourth-order valence-electron chi connectivity index (χ4n) is 3.71. The summed E-state index contributed by atoms with van der Waals surface area (Å²) >= 11 is 0. The minimum absolute atomic E-state index is 0.219. The largest absolute Gasteiger partial charge is 0.368 e. The summed E-state index contributed by atoms with van der Waals surface area (Å²) in [7, 11) is 0. The van der Waals surface area contributed by atoms with Crippen LogP contribution >= 0.6 is 0 Å². The summed E-state index contributed by atoms with van der Waals surface area (Å²) < 4.78 is 14.7. The Morgan fingerprint density at radius 1 is 1.14 bits per heavy atom. The number of hydrogen-bond acceptors (Lipinski definition) is 7. The Balaban J connectivity index is 1.55. The van der Waals surface area contributed by atoms with Crippen molar-refractivity contribution in [2.24, 2.45) is 5.92 Å². The molecule has 3 heterocycles. The van der Waals surface area contributed by atoms with Crippen LogP contribution in [-0.4, -0.2) is 61.9 Å². The Kier molecular flexibility index (Phi) is 5.75. The highest BCUT2D eigenvalue weighted by atomic mass is 19.1. The van der Waals surface area contributed by atoms with Crippen molar-refractivity contribution in [2.75, 3.05) is 31.1 Å². The van der Waals surface area contributed by atoms with Gasteiger partial charge in [-0.3, -0.25) is 4.90 Å². The number of rotatable bonds is 6. The minimum atomic E-state index is -0.219. The molecule has 0 aliphatic carbocycles. The molecule has 29 heavy (non-hydrogen) atoms. The molecule has 1 fully saturated rings. The summed E-state index contributed by atoms with van der Waals surface area (Å²) in [6, 6.07) is 7.40. The lowest BCUT2D eigenvalue weighted by Gasteiger charge is -2.36. The zero-order valence-corrected chi connectivity index (χ0v) is 16.7. The van der Waals surface area contributed by atoms with Crippen molar-refractivity contribution in [3.63, 3.8) is 0 Å². The first kappa shape index (κ1) is 19.4. The number of hydrogen-bond donors (Lipinski definition) is 1. The lowest BCUT2D eigenvalue weighted by molar-refractivity contribution is 0.246. The molecule has 4 rings (SSSR count). The lowest BCUT2D eigenvalue weighted by Crippen LogP contribution is -2.46. The Labute approximate surface area is 169 Å². The highest BCUT2D eigenvalue weighted by Crippen LogP contribution is 2.33. The molecular weight excluding hydrogens is 371 g/mol. The second-order valence-electron chi connectivity index (χ2n) is 7.77. The second-order valence-corrected chi connectivity index (χ2v) is 7.77. The summed E-state index contributed by atoms with van der Waals surface area (Å²) in [5.41, 5.74) is 3.33. The molecule has 3 aromatic rings. The first-order valence-corrected chi connectivity index (χ1v) is 9.90. The molecular formula is C20H25FN8. The van der Waals surface area contributed by atoms with Gasteiger partial charge in [-0.25, -0.2) is 4.39 Å². The first-order valence-electron chi connectivity index (χ1n) is 9.90. The van der Waals surface area contributed by atoms with Gasteiger partial charge in [-0.05, 0) is 47.4 Å². The number of nitrogens with zero attached hydrogens (tertiary/aromatic N) is 7. The predicted octanol–water partition coefficient (Wildman–Crippen LogP) is 2.32. The van der Waals surface area contributed by atoms with Crippen LogP contribution in [0.3, 0.4) is 0 Å². The Morgan fingerprint density at radius 2 is 1.97 bits per heavy atom. The molecule has 1 N–H and O–H groups in total. The summed E-state index contributed by atoms with van der Waals surface area (Å²) in [5, 5.41) is 22.4. The van der Waals surface area contributed by atoms with Crippen LogP contribution in [0.15, 0.2) is 30.5 Å². The number of aromatic amines is 1. The molecule has 1 aliphatic rings. The zero-order valence-electron chi connectivity index (χ0n) is 16.7. The minimum Gasteiger partial charge on any atom is -0.368 e. The summed E-state index contributed by atoms with van der Waals surface area (Å²) in [6.45, 7) is 8.41. The molecule has 1 saturated heterocycles. The number of anilines is 1. The topological polar surface area (TPSA) is 86.7 Å². The Hall–Kier alpha value is -2.94. The van der Waals surface area contributed by atoms with E-state index in [1.54, 1.807) is 12.3 Å². The van der Waals surface area contributed by atoms with Crippen molar-refractivity contribution in [3.8, 4) is 11.4 Å². The van der Waals surface area contributed by atoms with Gasteiger partial charge in [-0.1, -0.05) is 13.8 Å². The number of benzene rings is 1. The van der Waals surface area contributed by atoms with Gasteiger partial charge in [-0.2, -0.15) is 15.4 Å². The summed E-state index contributed by atoms with van der Waals surface area (Å²) in [6.07, 6.45) is 2.38. The van der Waals surface area contributed by atoms with Crippen LogP contribution in [0, 0.1) is 11.7 Å². The highest BCUT2D eigenvalue weighted by Gasteiger charge is 2.23. The van der Waals surface area contributed by atoms with Gasteiger partial charge in [-0.15, -0.1) is 10.2 Å². The lowest BCUT2D eigenvalue weighted by atomic mass is 9.98. The Bertz CT molecular complexity index is 921. The standard InChI is InChI=1S/C20H25FN8/c1-14(2)10-15-11-19(17(12-18(15)21)20-24-26-27-25-20)29-8-6-28(7-9-29)13-16-4-3-5-22-23-16/h3-5,11-12,14H,6-10,13H2,1-2H3,(H,24,25,26,27). The van der Waals surface area contributed by atoms with Gasteiger partial charge >= 0.3 is 0 Å². The SMILES string of the molecule is CC(C)Cc1cc(N2CCN(Cc3cccnn3)CC2)c(-c2nn[nH]n2)cc1F. The van der Waals surface area contributed by atoms with E-state index in [0.29, 0.717) is 23.7 Å². The van der Waals surface area contributed by atoms with E-state index in [0.717, 1.165) is 49.7 Å². The van der Waals surface area contributed by atoms with E-state index in [1.165, 1.54) is 0 Å². The zero-order chi connectivity index (χ0) is 20.2. The molecule has 9 heteroatoms. The number of aromatic nitrogens is 6. The van der Waals surface area contributed by atoms with Crippen LogP contribution in [-0.2, 0) is 13.0 Å². The normalized spacial score (nSPS) is 15.2. The van der Waals surface area contributed by atoms with E-state index in [9.17, 15) is 4.39 Å². The van der Waals surface area contributed by atoms with E-state index in [2.05, 4.69) is 54.5 Å². The Morgan fingerprint density at radius 3 is 2.62 bits per heavy atom. The molecule has 0 bridgehead atoms.